The molecule has 0 aliphatic heterocycles. The van der Waals surface area contributed by atoms with E-state index in [4.69, 9.17) is 4.74 Å². The molecule has 0 radical (unpaired) electrons. The lowest BCUT2D eigenvalue weighted by Crippen LogP contribution is -2.20. The van der Waals surface area contributed by atoms with Crippen molar-refractivity contribution in [3.05, 3.63) is 30.1 Å². The maximum Gasteiger partial charge on any atom is 0.0591 e. The Morgan fingerprint density at radius 1 is 1.33 bits per heavy atom. The van der Waals surface area contributed by atoms with Gasteiger partial charge in [0.05, 0.1) is 13.2 Å². The van der Waals surface area contributed by atoms with E-state index in [0.29, 0.717) is 0 Å². The first-order chi connectivity index (χ1) is 7.43. The van der Waals surface area contributed by atoms with Crippen LogP contribution in [0.15, 0.2) is 24.5 Å². The van der Waals surface area contributed by atoms with Crippen molar-refractivity contribution >= 4 is 0 Å². The molecule has 0 saturated heterocycles. The predicted molar refractivity (Wildman–Crippen MR) is 61.9 cm³/mol. The number of aromatic nitrogens is 1. The van der Waals surface area contributed by atoms with E-state index in [1.807, 2.05) is 12.3 Å². The maximum absolute atomic E-state index is 5.49. The molecule has 0 aliphatic rings. The van der Waals surface area contributed by atoms with Crippen LogP contribution in [-0.2, 0) is 11.2 Å². The highest BCUT2D eigenvalue weighted by atomic mass is 16.5. The second-order valence-corrected chi connectivity index (χ2v) is 3.47. The largest absolute Gasteiger partial charge is 0.380 e. The lowest BCUT2D eigenvalue weighted by atomic mass is 10.2. The summed E-state index contributed by atoms with van der Waals surface area (Å²) in [6, 6.07) is 4.03. The quantitative estimate of drug-likeness (QED) is 0.659. The van der Waals surface area contributed by atoms with Gasteiger partial charge in [0, 0.05) is 18.9 Å². The van der Waals surface area contributed by atoms with Crippen LogP contribution < -0.4 is 5.32 Å². The van der Waals surface area contributed by atoms with Crippen molar-refractivity contribution in [3.8, 4) is 0 Å². The Morgan fingerprint density at radius 3 is 3.00 bits per heavy atom. The van der Waals surface area contributed by atoms with Gasteiger partial charge in [-0.2, -0.15) is 0 Å². The molecule has 15 heavy (non-hydrogen) atoms. The lowest BCUT2D eigenvalue weighted by molar-refractivity contribution is 0.139. The summed E-state index contributed by atoms with van der Waals surface area (Å²) < 4.78 is 5.49. The first-order valence-electron chi connectivity index (χ1n) is 5.61. The standard InChI is InChI=1S/C12H20N2O/c1-2-6-13-8-10-15-9-5-12-4-3-7-14-11-12/h3-4,7,11,13H,2,5-6,8-10H2,1H3. The normalized spacial score (nSPS) is 10.5. The minimum absolute atomic E-state index is 0.777. The van der Waals surface area contributed by atoms with Gasteiger partial charge in [0.25, 0.3) is 0 Å². The molecule has 0 unspecified atom stereocenters. The summed E-state index contributed by atoms with van der Waals surface area (Å²) in [6.07, 6.45) is 5.80. The SMILES string of the molecule is CCCNCCOCCc1cccnc1. The summed E-state index contributed by atoms with van der Waals surface area (Å²) in [5.41, 5.74) is 1.24. The number of rotatable bonds is 8. The van der Waals surface area contributed by atoms with Gasteiger partial charge in [-0.25, -0.2) is 0 Å². The van der Waals surface area contributed by atoms with E-state index in [-0.39, 0.29) is 0 Å². The molecular formula is C12H20N2O. The topological polar surface area (TPSA) is 34.1 Å². The average molecular weight is 208 g/mol. The fourth-order valence-corrected chi connectivity index (χ4v) is 1.28. The van der Waals surface area contributed by atoms with Crippen molar-refractivity contribution in [2.75, 3.05) is 26.3 Å². The summed E-state index contributed by atoms with van der Waals surface area (Å²) in [6.45, 7) is 5.75. The molecule has 0 saturated carbocycles. The van der Waals surface area contributed by atoms with E-state index >= 15 is 0 Å². The zero-order valence-electron chi connectivity index (χ0n) is 9.41. The van der Waals surface area contributed by atoms with Gasteiger partial charge in [0.1, 0.15) is 0 Å². The third kappa shape index (κ3) is 6.20. The highest BCUT2D eigenvalue weighted by Gasteiger charge is 1.92. The highest BCUT2D eigenvalue weighted by molar-refractivity contribution is 5.08. The summed E-state index contributed by atoms with van der Waals surface area (Å²) in [4.78, 5) is 4.06. The molecule has 1 rings (SSSR count). The van der Waals surface area contributed by atoms with Crippen molar-refractivity contribution in [2.24, 2.45) is 0 Å². The molecule has 84 valence electrons. The third-order valence-corrected chi connectivity index (χ3v) is 2.11. The predicted octanol–water partition coefficient (Wildman–Crippen LogP) is 1.64. The Hall–Kier alpha value is -0.930. The van der Waals surface area contributed by atoms with E-state index in [1.54, 1.807) is 6.20 Å². The van der Waals surface area contributed by atoms with E-state index in [0.717, 1.165) is 32.7 Å². The van der Waals surface area contributed by atoms with Gasteiger partial charge >= 0.3 is 0 Å². The van der Waals surface area contributed by atoms with Gasteiger partial charge in [0.15, 0.2) is 0 Å². The van der Waals surface area contributed by atoms with Crippen molar-refractivity contribution < 1.29 is 4.74 Å². The van der Waals surface area contributed by atoms with Crippen LogP contribution in [0.4, 0.5) is 0 Å². The zero-order chi connectivity index (χ0) is 10.8. The second-order valence-electron chi connectivity index (χ2n) is 3.47. The molecule has 0 fully saturated rings. The summed E-state index contributed by atoms with van der Waals surface area (Å²) in [5, 5.41) is 3.30. The monoisotopic (exact) mass is 208 g/mol. The summed E-state index contributed by atoms with van der Waals surface area (Å²) in [7, 11) is 0. The minimum Gasteiger partial charge on any atom is -0.380 e. The van der Waals surface area contributed by atoms with Crippen LogP contribution in [-0.4, -0.2) is 31.3 Å². The minimum atomic E-state index is 0.777. The first kappa shape index (κ1) is 12.1. The smallest absolute Gasteiger partial charge is 0.0591 e. The molecular weight excluding hydrogens is 188 g/mol. The number of hydrogen-bond donors (Lipinski definition) is 1. The molecule has 0 aromatic carbocycles. The lowest BCUT2D eigenvalue weighted by Gasteiger charge is -2.05. The summed E-state index contributed by atoms with van der Waals surface area (Å²) >= 11 is 0. The van der Waals surface area contributed by atoms with Crippen LogP contribution in [0.25, 0.3) is 0 Å². The van der Waals surface area contributed by atoms with Crippen molar-refractivity contribution in [2.45, 2.75) is 19.8 Å². The van der Waals surface area contributed by atoms with Gasteiger partial charge in [-0.3, -0.25) is 4.98 Å². The number of nitrogens with one attached hydrogen (secondary N) is 1. The Kier molecular flexibility index (Phi) is 6.79. The van der Waals surface area contributed by atoms with Gasteiger partial charge < -0.3 is 10.1 Å². The van der Waals surface area contributed by atoms with E-state index < -0.39 is 0 Å². The molecule has 0 bridgehead atoms. The molecule has 0 spiro atoms. The zero-order valence-corrected chi connectivity index (χ0v) is 9.41. The van der Waals surface area contributed by atoms with Crippen molar-refractivity contribution in [1.82, 2.24) is 10.3 Å². The Bertz CT molecular complexity index is 239. The number of nitrogens with zero attached hydrogens (tertiary/aromatic N) is 1. The molecule has 1 aromatic heterocycles. The van der Waals surface area contributed by atoms with Crippen LogP contribution in [0.1, 0.15) is 18.9 Å². The van der Waals surface area contributed by atoms with Crippen LogP contribution in [0, 0.1) is 0 Å². The summed E-state index contributed by atoms with van der Waals surface area (Å²) in [5.74, 6) is 0. The van der Waals surface area contributed by atoms with Crippen molar-refractivity contribution in [1.29, 1.82) is 0 Å². The molecule has 3 heteroatoms. The van der Waals surface area contributed by atoms with E-state index in [2.05, 4.69) is 23.3 Å². The number of ether oxygens (including phenoxy) is 1. The highest BCUT2D eigenvalue weighted by Crippen LogP contribution is 1.96. The van der Waals surface area contributed by atoms with E-state index in [1.165, 1.54) is 12.0 Å². The van der Waals surface area contributed by atoms with Crippen LogP contribution >= 0.6 is 0 Å². The Balaban J connectivity index is 1.93. The Morgan fingerprint density at radius 2 is 2.27 bits per heavy atom. The fourth-order valence-electron chi connectivity index (χ4n) is 1.28. The number of pyridine rings is 1. The van der Waals surface area contributed by atoms with Crippen LogP contribution in [0.2, 0.25) is 0 Å². The van der Waals surface area contributed by atoms with Gasteiger partial charge in [-0.15, -0.1) is 0 Å². The molecule has 1 heterocycles. The molecule has 0 aliphatic carbocycles. The van der Waals surface area contributed by atoms with E-state index in [9.17, 15) is 0 Å². The van der Waals surface area contributed by atoms with Gasteiger partial charge in [-0.1, -0.05) is 13.0 Å². The molecule has 0 amide bonds. The molecule has 0 atom stereocenters. The van der Waals surface area contributed by atoms with Crippen molar-refractivity contribution in [3.63, 3.8) is 0 Å². The second kappa shape index (κ2) is 8.38. The van der Waals surface area contributed by atoms with Gasteiger partial charge in [-0.05, 0) is 31.0 Å². The fraction of sp³-hybridized carbons (Fsp3) is 0.583. The number of hydrogen-bond acceptors (Lipinski definition) is 3. The molecule has 3 nitrogen and oxygen atoms in total. The van der Waals surface area contributed by atoms with Crippen LogP contribution in [0.5, 0.6) is 0 Å². The molecule has 1 N–H and O–H groups in total. The van der Waals surface area contributed by atoms with Crippen LogP contribution in [0.3, 0.4) is 0 Å². The van der Waals surface area contributed by atoms with Gasteiger partial charge in [0.2, 0.25) is 0 Å². The Labute approximate surface area is 91.9 Å². The average Bonchev–Trinajstić information content (AvgIpc) is 2.29. The third-order valence-electron chi connectivity index (χ3n) is 2.11. The molecule has 1 aromatic rings. The maximum atomic E-state index is 5.49. The first-order valence-corrected chi connectivity index (χ1v) is 5.61.